The molecule has 1 saturated heterocycles. The predicted octanol–water partition coefficient (Wildman–Crippen LogP) is 3.07. The second-order valence-electron chi connectivity index (χ2n) is 7.23. The van der Waals surface area contributed by atoms with Crippen LogP contribution in [0.4, 0.5) is 5.69 Å². The quantitative estimate of drug-likeness (QED) is 0.852. The van der Waals surface area contributed by atoms with Crippen LogP contribution in [0.15, 0.2) is 42.5 Å². The number of amides is 1. The Morgan fingerprint density at radius 3 is 2.44 bits per heavy atom. The average molecular weight is 367 g/mol. The Balaban J connectivity index is 1.48. The minimum atomic E-state index is 0.00579. The summed E-state index contributed by atoms with van der Waals surface area (Å²) in [5.41, 5.74) is 4.55. The summed E-state index contributed by atoms with van der Waals surface area (Å²) in [5, 5.41) is 2.99. The molecule has 0 radical (unpaired) electrons. The molecule has 2 aromatic rings. The Kier molecular flexibility index (Phi) is 6.48. The second kappa shape index (κ2) is 9.02. The van der Waals surface area contributed by atoms with Crippen LogP contribution in [0.1, 0.15) is 16.7 Å². The molecule has 144 valence electrons. The van der Waals surface area contributed by atoms with Gasteiger partial charge < -0.3 is 10.1 Å². The normalized spacial score (nSPS) is 15.5. The number of aryl methyl sites for hydroxylation is 2. The smallest absolute Gasteiger partial charge is 0.238 e. The third-order valence-corrected chi connectivity index (χ3v) is 5.12. The van der Waals surface area contributed by atoms with Gasteiger partial charge in [0.25, 0.3) is 0 Å². The zero-order chi connectivity index (χ0) is 19.2. The molecular formula is C22H29N3O2. The van der Waals surface area contributed by atoms with E-state index in [1.54, 1.807) is 7.11 Å². The third-order valence-electron chi connectivity index (χ3n) is 5.12. The lowest BCUT2D eigenvalue weighted by molar-refractivity contribution is -0.117. The summed E-state index contributed by atoms with van der Waals surface area (Å²) in [4.78, 5) is 17.1. The number of nitrogens with zero attached hydrogens (tertiary/aromatic N) is 2. The number of methoxy groups -OCH3 is 1. The van der Waals surface area contributed by atoms with Crippen molar-refractivity contribution >= 4 is 11.6 Å². The van der Waals surface area contributed by atoms with E-state index in [9.17, 15) is 4.79 Å². The second-order valence-corrected chi connectivity index (χ2v) is 7.23. The van der Waals surface area contributed by atoms with Crippen LogP contribution in [0, 0.1) is 13.8 Å². The summed E-state index contributed by atoms with van der Waals surface area (Å²) >= 11 is 0. The average Bonchev–Trinajstić information content (AvgIpc) is 2.65. The van der Waals surface area contributed by atoms with Gasteiger partial charge >= 0.3 is 0 Å². The fourth-order valence-electron chi connectivity index (χ4n) is 3.45. The van der Waals surface area contributed by atoms with Crippen molar-refractivity contribution in [2.45, 2.75) is 20.4 Å². The van der Waals surface area contributed by atoms with E-state index in [2.05, 4.69) is 46.3 Å². The molecule has 1 fully saturated rings. The van der Waals surface area contributed by atoms with Crippen LogP contribution in [-0.4, -0.2) is 55.5 Å². The third kappa shape index (κ3) is 5.31. The zero-order valence-corrected chi connectivity index (χ0v) is 16.5. The first-order chi connectivity index (χ1) is 13.0. The van der Waals surface area contributed by atoms with E-state index in [1.807, 2.05) is 25.1 Å². The van der Waals surface area contributed by atoms with Gasteiger partial charge in [-0.15, -0.1) is 0 Å². The summed E-state index contributed by atoms with van der Waals surface area (Å²) in [6, 6.07) is 14.3. The van der Waals surface area contributed by atoms with Crippen molar-refractivity contribution in [3.63, 3.8) is 0 Å². The van der Waals surface area contributed by atoms with Gasteiger partial charge in [-0.3, -0.25) is 14.6 Å². The minimum Gasteiger partial charge on any atom is -0.495 e. The first kappa shape index (κ1) is 19.4. The van der Waals surface area contributed by atoms with Crippen molar-refractivity contribution in [1.29, 1.82) is 0 Å². The van der Waals surface area contributed by atoms with E-state index in [-0.39, 0.29) is 5.91 Å². The number of benzene rings is 2. The number of anilines is 1. The van der Waals surface area contributed by atoms with Crippen LogP contribution in [-0.2, 0) is 11.3 Å². The number of hydrogen-bond donors (Lipinski definition) is 1. The van der Waals surface area contributed by atoms with Crippen molar-refractivity contribution in [1.82, 2.24) is 9.80 Å². The molecule has 1 aliphatic rings. The van der Waals surface area contributed by atoms with E-state index in [1.165, 1.54) is 11.1 Å². The van der Waals surface area contributed by atoms with E-state index in [0.717, 1.165) is 44.0 Å². The molecule has 0 aliphatic carbocycles. The van der Waals surface area contributed by atoms with Crippen LogP contribution in [0.5, 0.6) is 5.75 Å². The molecular weight excluding hydrogens is 338 g/mol. The highest BCUT2D eigenvalue weighted by Gasteiger charge is 2.20. The lowest BCUT2D eigenvalue weighted by Gasteiger charge is -2.34. The maximum Gasteiger partial charge on any atom is 0.238 e. The minimum absolute atomic E-state index is 0.00579. The van der Waals surface area contributed by atoms with E-state index >= 15 is 0 Å². The van der Waals surface area contributed by atoms with E-state index < -0.39 is 0 Å². The van der Waals surface area contributed by atoms with Gasteiger partial charge in [-0.2, -0.15) is 0 Å². The molecule has 0 aromatic heterocycles. The molecule has 3 rings (SSSR count). The molecule has 5 nitrogen and oxygen atoms in total. The van der Waals surface area contributed by atoms with Gasteiger partial charge in [0, 0.05) is 32.7 Å². The van der Waals surface area contributed by atoms with Crippen molar-refractivity contribution < 1.29 is 9.53 Å². The van der Waals surface area contributed by atoms with Gasteiger partial charge in [0.15, 0.2) is 0 Å². The Hall–Kier alpha value is -2.37. The van der Waals surface area contributed by atoms with Crippen LogP contribution < -0.4 is 10.1 Å². The summed E-state index contributed by atoms with van der Waals surface area (Å²) in [6.45, 7) is 9.33. The number of nitrogens with one attached hydrogen (secondary N) is 1. The van der Waals surface area contributed by atoms with Crippen LogP contribution in [0.3, 0.4) is 0 Å². The molecule has 0 bridgehead atoms. The summed E-state index contributed by atoms with van der Waals surface area (Å²) < 4.78 is 5.34. The highest BCUT2D eigenvalue weighted by Crippen LogP contribution is 2.25. The Morgan fingerprint density at radius 1 is 1.04 bits per heavy atom. The van der Waals surface area contributed by atoms with Gasteiger partial charge in [0.05, 0.1) is 19.3 Å². The fourth-order valence-corrected chi connectivity index (χ4v) is 3.45. The molecule has 1 heterocycles. The van der Waals surface area contributed by atoms with E-state index in [0.29, 0.717) is 12.3 Å². The topological polar surface area (TPSA) is 44.8 Å². The van der Waals surface area contributed by atoms with Crippen molar-refractivity contribution in [2.75, 3.05) is 45.2 Å². The molecule has 0 atom stereocenters. The molecule has 0 saturated carbocycles. The van der Waals surface area contributed by atoms with Gasteiger partial charge in [0.2, 0.25) is 5.91 Å². The summed E-state index contributed by atoms with van der Waals surface area (Å²) in [5.74, 6) is 0.697. The van der Waals surface area contributed by atoms with Crippen molar-refractivity contribution in [2.24, 2.45) is 0 Å². The largest absolute Gasteiger partial charge is 0.495 e. The van der Waals surface area contributed by atoms with Gasteiger partial charge in [0.1, 0.15) is 5.75 Å². The van der Waals surface area contributed by atoms with Gasteiger partial charge in [-0.05, 0) is 42.7 Å². The molecule has 27 heavy (non-hydrogen) atoms. The maximum absolute atomic E-state index is 12.5. The maximum atomic E-state index is 12.5. The Labute approximate surface area is 161 Å². The van der Waals surface area contributed by atoms with Crippen LogP contribution >= 0.6 is 0 Å². The zero-order valence-electron chi connectivity index (χ0n) is 16.5. The number of carbonyl (C=O) groups excluding carboxylic acids is 1. The first-order valence-electron chi connectivity index (χ1n) is 9.49. The molecule has 1 aliphatic heterocycles. The summed E-state index contributed by atoms with van der Waals surface area (Å²) in [6.07, 6.45) is 0. The fraction of sp³-hybridized carbons (Fsp3) is 0.409. The number of piperazine rings is 1. The molecule has 0 unspecified atom stereocenters. The summed E-state index contributed by atoms with van der Waals surface area (Å²) in [7, 11) is 1.62. The first-order valence-corrected chi connectivity index (χ1v) is 9.49. The lowest BCUT2D eigenvalue weighted by atomic mass is 10.1. The number of ether oxygens (including phenoxy) is 1. The van der Waals surface area contributed by atoms with E-state index in [4.69, 9.17) is 4.74 Å². The highest BCUT2D eigenvalue weighted by molar-refractivity contribution is 5.93. The lowest BCUT2D eigenvalue weighted by Crippen LogP contribution is -2.48. The standard InChI is InChI=1S/C22H29N3O2/c1-17-8-9-21(27-3)20(14-17)23-22(26)16-25-12-10-24(11-13-25)15-19-7-5-4-6-18(19)2/h4-9,14H,10-13,15-16H2,1-3H3,(H,23,26). The van der Waals surface area contributed by atoms with Crippen LogP contribution in [0.2, 0.25) is 0 Å². The number of carbonyl (C=O) groups is 1. The number of hydrogen-bond acceptors (Lipinski definition) is 4. The highest BCUT2D eigenvalue weighted by atomic mass is 16.5. The van der Waals surface area contributed by atoms with Gasteiger partial charge in [-0.25, -0.2) is 0 Å². The predicted molar refractivity (Wildman–Crippen MR) is 109 cm³/mol. The van der Waals surface area contributed by atoms with Crippen LogP contribution in [0.25, 0.3) is 0 Å². The van der Waals surface area contributed by atoms with Crippen molar-refractivity contribution in [3.05, 3.63) is 59.2 Å². The van der Waals surface area contributed by atoms with Gasteiger partial charge in [-0.1, -0.05) is 30.3 Å². The molecule has 0 spiro atoms. The number of rotatable bonds is 6. The molecule has 1 N–H and O–H groups in total. The molecule has 2 aromatic carbocycles. The monoisotopic (exact) mass is 367 g/mol. The molecule has 5 heteroatoms. The van der Waals surface area contributed by atoms with Crippen molar-refractivity contribution in [3.8, 4) is 5.75 Å². The molecule has 1 amide bonds. The Bertz CT molecular complexity index is 783. The SMILES string of the molecule is COc1ccc(C)cc1NC(=O)CN1CCN(Cc2ccccc2C)CC1. The Morgan fingerprint density at radius 2 is 1.74 bits per heavy atom.